The second kappa shape index (κ2) is 5.56. The minimum atomic E-state index is 0.101. The van der Waals surface area contributed by atoms with Crippen LogP contribution in [0.1, 0.15) is 11.1 Å². The molecule has 0 aliphatic carbocycles. The third-order valence-electron chi connectivity index (χ3n) is 3.11. The molecular formula is C14H19N5. The summed E-state index contributed by atoms with van der Waals surface area (Å²) in [6, 6.07) is 7.72. The molecule has 0 radical (unpaired) electrons. The smallest absolute Gasteiger partial charge is 0.122 e. The number of nitrogens with one attached hydrogen (secondary N) is 1. The molecule has 1 aromatic carbocycles. The monoisotopic (exact) mass is 257 g/mol. The summed E-state index contributed by atoms with van der Waals surface area (Å²) in [6.45, 7) is 0.922. The van der Waals surface area contributed by atoms with E-state index in [0.29, 0.717) is 0 Å². The number of aryl methyl sites for hydroxylation is 1. The fourth-order valence-electron chi connectivity index (χ4n) is 1.92. The van der Waals surface area contributed by atoms with E-state index in [9.17, 15) is 0 Å². The second-order valence-corrected chi connectivity index (χ2v) is 4.65. The van der Waals surface area contributed by atoms with Crippen molar-refractivity contribution in [3.05, 3.63) is 47.8 Å². The number of hydrogen-bond donors (Lipinski definition) is 2. The summed E-state index contributed by atoms with van der Waals surface area (Å²) in [5, 5.41) is 11.5. The van der Waals surface area contributed by atoms with Crippen LogP contribution in [0.5, 0.6) is 0 Å². The third kappa shape index (κ3) is 3.34. The van der Waals surface area contributed by atoms with Gasteiger partial charge in [0.05, 0.1) is 6.20 Å². The van der Waals surface area contributed by atoms with E-state index >= 15 is 0 Å². The van der Waals surface area contributed by atoms with Crippen molar-refractivity contribution in [1.82, 2.24) is 9.78 Å². The molecule has 0 saturated carbocycles. The lowest BCUT2D eigenvalue weighted by Gasteiger charge is -2.19. The van der Waals surface area contributed by atoms with E-state index in [1.807, 2.05) is 48.4 Å². The lowest BCUT2D eigenvalue weighted by molar-refractivity contribution is 0.766. The highest BCUT2D eigenvalue weighted by atomic mass is 15.2. The number of hydrogen-bond acceptors (Lipinski definition) is 3. The van der Waals surface area contributed by atoms with Crippen LogP contribution in [-0.2, 0) is 13.5 Å². The van der Waals surface area contributed by atoms with Gasteiger partial charge in [0.2, 0.25) is 0 Å². The first-order valence-corrected chi connectivity index (χ1v) is 6.19. The predicted molar refractivity (Wildman–Crippen MR) is 77.6 cm³/mol. The Kier molecular flexibility index (Phi) is 3.85. The van der Waals surface area contributed by atoms with Gasteiger partial charge < -0.3 is 10.6 Å². The number of rotatable bonds is 5. The molecule has 0 amide bonds. The number of likely N-dealkylation sites (N-methyl/N-ethyl adjacent to an activating group) is 1. The molecule has 0 unspecified atom stereocenters. The largest absolute Gasteiger partial charge is 0.384 e. The fourth-order valence-corrected chi connectivity index (χ4v) is 1.92. The van der Waals surface area contributed by atoms with E-state index in [4.69, 9.17) is 11.1 Å². The van der Waals surface area contributed by atoms with Crippen LogP contribution < -0.4 is 10.6 Å². The van der Waals surface area contributed by atoms with Gasteiger partial charge in [-0.2, -0.15) is 5.10 Å². The summed E-state index contributed by atoms with van der Waals surface area (Å²) < 4.78 is 1.82. The van der Waals surface area contributed by atoms with E-state index in [2.05, 4.69) is 17.0 Å². The van der Waals surface area contributed by atoms with Crippen LogP contribution in [0.2, 0.25) is 0 Å². The van der Waals surface area contributed by atoms with Crippen molar-refractivity contribution >= 4 is 11.5 Å². The summed E-state index contributed by atoms with van der Waals surface area (Å²) in [5.74, 6) is 0.101. The van der Waals surface area contributed by atoms with E-state index in [1.165, 1.54) is 5.56 Å². The number of aromatic nitrogens is 2. The standard InChI is InChI=1S/C14H19N5/c1-18(8-7-11-9-17-19(2)10-11)13-5-3-12(4-6-13)14(15)16/h3-6,9-10H,7-8H2,1-2H3,(H3,15,16). The Hall–Kier alpha value is -2.30. The molecule has 5 heteroatoms. The molecule has 2 rings (SSSR count). The van der Waals surface area contributed by atoms with Crippen LogP contribution in [0.4, 0.5) is 5.69 Å². The zero-order chi connectivity index (χ0) is 13.8. The summed E-state index contributed by atoms with van der Waals surface area (Å²) in [5.41, 5.74) is 8.54. The Labute approximate surface area is 113 Å². The molecule has 0 fully saturated rings. The van der Waals surface area contributed by atoms with Crippen molar-refractivity contribution in [2.24, 2.45) is 12.8 Å². The first-order chi connectivity index (χ1) is 9.06. The third-order valence-corrected chi connectivity index (χ3v) is 3.11. The van der Waals surface area contributed by atoms with Crippen LogP contribution in [0.15, 0.2) is 36.7 Å². The lowest BCUT2D eigenvalue weighted by atomic mass is 10.1. The van der Waals surface area contributed by atoms with Gasteiger partial charge in [-0.1, -0.05) is 0 Å². The van der Waals surface area contributed by atoms with Crippen LogP contribution in [0, 0.1) is 5.41 Å². The average molecular weight is 257 g/mol. The second-order valence-electron chi connectivity index (χ2n) is 4.65. The van der Waals surface area contributed by atoms with Crippen molar-refractivity contribution in [2.75, 3.05) is 18.5 Å². The highest BCUT2D eigenvalue weighted by Gasteiger charge is 2.03. The van der Waals surface area contributed by atoms with E-state index in [-0.39, 0.29) is 5.84 Å². The fraction of sp³-hybridized carbons (Fsp3) is 0.286. The molecule has 0 aliphatic heterocycles. The maximum atomic E-state index is 7.36. The number of nitrogens with zero attached hydrogens (tertiary/aromatic N) is 3. The quantitative estimate of drug-likeness (QED) is 0.628. The Morgan fingerprint density at radius 2 is 2.05 bits per heavy atom. The van der Waals surface area contributed by atoms with E-state index in [1.54, 1.807) is 0 Å². The first kappa shape index (κ1) is 13.1. The molecule has 0 bridgehead atoms. The molecule has 100 valence electrons. The number of nitrogen functional groups attached to an aromatic ring is 1. The van der Waals surface area contributed by atoms with Gasteiger partial charge in [-0.3, -0.25) is 10.1 Å². The molecule has 5 nitrogen and oxygen atoms in total. The zero-order valence-electron chi connectivity index (χ0n) is 11.3. The van der Waals surface area contributed by atoms with Crippen molar-refractivity contribution in [2.45, 2.75) is 6.42 Å². The Bertz CT molecular complexity index is 555. The molecule has 2 aromatic rings. The summed E-state index contributed by atoms with van der Waals surface area (Å²) in [4.78, 5) is 2.18. The molecule has 0 spiro atoms. The maximum absolute atomic E-state index is 7.36. The van der Waals surface area contributed by atoms with Gasteiger partial charge in [0.15, 0.2) is 0 Å². The van der Waals surface area contributed by atoms with Gasteiger partial charge in [-0.05, 0) is 36.2 Å². The Balaban J connectivity index is 1.95. The highest BCUT2D eigenvalue weighted by molar-refractivity contribution is 5.95. The number of amidine groups is 1. The molecule has 0 atom stereocenters. The summed E-state index contributed by atoms with van der Waals surface area (Å²) in [7, 11) is 3.98. The number of anilines is 1. The summed E-state index contributed by atoms with van der Waals surface area (Å²) >= 11 is 0. The van der Waals surface area contributed by atoms with Gasteiger partial charge in [0, 0.05) is 38.1 Å². The lowest BCUT2D eigenvalue weighted by Crippen LogP contribution is -2.20. The number of benzene rings is 1. The van der Waals surface area contributed by atoms with Crippen LogP contribution in [0.25, 0.3) is 0 Å². The van der Waals surface area contributed by atoms with E-state index in [0.717, 1.165) is 24.2 Å². The molecule has 1 aromatic heterocycles. The highest BCUT2D eigenvalue weighted by Crippen LogP contribution is 2.14. The zero-order valence-corrected chi connectivity index (χ0v) is 11.3. The van der Waals surface area contributed by atoms with Crippen LogP contribution >= 0.6 is 0 Å². The van der Waals surface area contributed by atoms with Crippen LogP contribution in [0.3, 0.4) is 0 Å². The van der Waals surface area contributed by atoms with Crippen LogP contribution in [-0.4, -0.2) is 29.2 Å². The first-order valence-electron chi connectivity index (χ1n) is 6.19. The van der Waals surface area contributed by atoms with Gasteiger partial charge in [-0.15, -0.1) is 0 Å². The molecular weight excluding hydrogens is 238 g/mol. The van der Waals surface area contributed by atoms with Gasteiger partial charge >= 0.3 is 0 Å². The van der Waals surface area contributed by atoms with Gasteiger partial charge in [0.1, 0.15) is 5.84 Å². The van der Waals surface area contributed by atoms with Crippen molar-refractivity contribution in [3.8, 4) is 0 Å². The Morgan fingerprint density at radius 3 is 2.58 bits per heavy atom. The molecule has 19 heavy (non-hydrogen) atoms. The minimum Gasteiger partial charge on any atom is -0.384 e. The predicted octanol–water partition coefficient (Wildman–Crippen LogP) is 1.38. The average Bonchev–Trinajstić information content (AvgIpc) is 2.82. The molecule has 0 saturated heterocycles. The SMILES string of the molecule is CN(CCc1cnn(C)c1)c1ccc(C(=N)N)cc1. The van der Waals surface area contributed by atoms with Crippen molar-refractivity contribution in [3.63, 3.8) is 0 Å². The van der Waals surface area contributed by atoms with Gasteiger partial charge in [-0.25, -0.2) is 0 Å². The minimum absolute atomic E-state index is 0.101. The summed E-state index contributed by atoms with van der Waals surface area (Å²) in [6.07, 6.45) is 4.89. The van der Waals surface area contributed by atoms with Crippen molar-refractivity contribution in [1.29, 1.82) is 5.41 Å². The van der Waals surface area contributed by atoms with E-state index < -0.39 is 0 Å². The Morgan fingerprint density at radius 1 is 1.37 bits per heavy atom. The normalized spacial score (nSPS) is 10.4. The number of nitrogens with two attached hydrogens (primary N) is 1. The van der Waals surface area contributed by atoms with Crippen molar-refractivity contribution < 1.29 is 0 Å². The topological polar surface area (TPSA) is 70.9 Å². The molecule has 3 N–H and O–H groups in total. The molecule has 0 aliphatic rings. The van der Waals surface area contributed by atoms with Gasteiger partial charge in [0.25, 0.3) is 0 Å². The maximum Gasteiger partial charge on any atom is 0.122 e. The molecule has 1 heterocycles.